The van der Waals surface area contributed by atoms with Crippen LogP contribution in [0.1, 0.15) is 64.6 Å². The first-order valence-corrected chi connectivity index (χ1v) is 6.33. The van der Waals surface area contributed by atoms with E-state index in [1.807, 2.05) is 6.20 Å². The quantitative estimate of drug-likeness (QED) is 0.791. The van der Waals surface area contributed by atoms with E-state index in [1.165, 1.54) is 32.1 Å². The Hall–Kier alpha value is -0.990. The third-order valence-electron chi connectivity index (χ3n) is 3.42. The molecule has 0 atom stereocenters. The first-order chi connectivity index (χ1) is 7.48. The largest absolute Gasteiger partial charge is 0.396 e. The van der Waals surface area contributed by atoms with Gasteiger partial charge >= 0.3 is 0 Å². The highest BCUT2D eigenvalue weighted by Crippen LogP contribution is 2.31. The van der Waals surface area contributed by atoms with Gasteiger partial charge in [0, 0.05) is 11.6 Å². The van der Waals surface area contributed by atoms with E-state index < -0.39 is 0 Å². The van der Waals surface area contributed by atoms with Crippen LogP contribution in [-0.2, 0) is 5.41 Å². The Morgan fingerprint density at radius 3 is 2.38 bits per heavy atom. The second kappa shape index (κ2) is 4.11. The Balaban J connectivity index is 2.23. The number of nitrogen functional groups attached to an aromatic ring is 1. The van der Waals surface area contributed by atoms with Crippen molar-refractivity contribution in [2.45, 2.75) is 64.3 Å². The van der Waals surface area contributed by atoms with Crippen molar-refractivity contribution in [2.75, 3.05) is 5.73 Å². The van der Waals surface area contributed by atoms with Gasteiger partial charge in [-0.15, -0.1) is 0 Å². The molecule has 1 saturated carbocycles. The summed E-state index contributed by atoms with van der Waals surface area (Å²) in [5, 5.41) is 4.70. The molecule has 3 heteroatoms. The molecule has 16 heavy (non-hydrogen) atoms. The van der Waals surface area contributed by atoms with Crippen LogP contribution in [-0.4, -0.2) is 9.78 Å². The molecule has 0 radical (unpaired) electrons. The van der Waals surface area contributed by atoms with E-state index in [0.29, 0.717) is 6.04 Å². The molecule has 2 rings (SSSR count). The Labute approximate surface area is 98.0 Å². The van der Waals surface area contributed by atoms with Crippen LogP contribution in [0.15, 0.2) is 6.20 Å². The Bertz CT molecular complexity index is 354. The number of aromatic nitrogens is 2. The van der Waals surface area contributed by atoms with Crippen molar-refractivity contribution in [3.05, 3.63) is 11.9 Å². The highest BCUT2D eigenvalue weighted by atomic mass is 15.3. The minimum Gasteiger partial charge on any atom is -0.396 e. The molecule has 0 saturated heterocycles. The van der Waals surface area contributed by atoms with Crippen LogP contribution in [0.4, 0.5) is 5.69 Å². The molecular weight excluding hydrogens is 198 g/mol. The molecule has 0 spiro atoms. The lowest BCUT2D eigenvalue weighted by Crippen LogP contribution is -2.17. The van der Waals surface area contributed by atoms with E-state index in [9.17, 15) is 0 Å². The molecule has 0 amide bonds. The zero-order chi connectivity index (χ0) is 11.8. The molecule has 0 aromatic carbocycles. The topological polar surface area (TPSA) is 43.8 Å². The fourth-order valence-corrected chi connectivity index (χ4v) is 2.52. The van der Waals surface area contributed by atoms with E-state index in [1.54, 1.807) is 0 Å². The molecule has 1 fully saturated rings. The summed E-state index contributed by atoms with van der Waals surface area (Å²) < 4.78 is 2.11. The molecule has 1 aliphatic carbocycles. The van der Waals surface area contributed by atoms with Gasteiger partial charge in [-0.1, -0.05) is 40.0 Å². The van der Waals surface area contributed by atoms with Crippen LogP contribution in [0.5, 0.6) is 0 Å². The molecule has 1 heterocycles. The third-order valence-corrected chi connectivity index (χ3v) is 3.42. The molecule has 0 aliphatic heterocycles. The van der Waals surface area contributed by atoms with Gasteiger partial charge in [-0.2, -0.15) is 5.10 Å². The summed E-state index contributed by atoms with van der Waals surface area (Å²) in [6, 6.07) is 0.576. The van der Waals surface area contributed by atoms with Crippen molar-refractivity contribution < 1.29 is 0 Å². The number of anilines is 1. The molecule has 0 bridgehead atoms. The maximum Gasteiger partial charge on any atom is 0.0907 e. The van der Waals surface area contributed by atoms with E-state index in [2.05, 4.69) is 25.5 Å². The second-order valence-corrected chi connectivity index (χ2v) is 5.95. The lowest BCUT2D eigenvalue weighted by molar-refractivity contribution is 0.325. The SMILES string of the molecule is CC(C)(C)c1nn(C2CCCCC2)cc1N. The zero-order valence-electron chi connectivity index (χ0n) is 10.7. The van der Waals surface area contributed by atoms with Crippen LogP contribution in [0, 0.1) is 0 Å². The van der Waals surface area contributed by atoms with Crippen LogP contribution in [0.2, 0.25) is 0 Å². The molecular formula is C13H23N3. The normalized spacial score (nSPS) is 18.9. The molecule has 1 aliphatic rings. The van der Waals surface area contributed by atoms with Gasteiger partial charge in [-0.05, 0) is 12.8 Å². The Morgan fingerprint density at radius 1 is 1.25 bits per heavy atom. The van der Waals surface area contributed by atoms with Gasteiger partial charge in [-0.3, -0.25) is 4.68 Å². The molecule has 1 aromatic heterocycles. The van der Waals surface area contributed by atoms with E-state index in [-0.39, 0.29) is 5.41 Å². The predicted molar refractivity (Wildman–Crippen MR) is 67.5 cm³/mol. The maximum absolute atomic E-state index is 6.05. The van der Waals surface area contributed by atoms with Crippen LogP contribution in [0.3, 0.4) is 0 Å². The summed E-state index contributed by atoms with van der Waals surface area (Å²) in [6.07, 6.45) is 8.57. The molecule has 90 valence electrons. The van der Waals surface area contributed by atoms with Gasteiger partial charge in [0.25, 0.3) is 0 Å². The number of hydrogen-bond donors (Lipinski definition) is 1. The molecule has 0 unspecified atom stereocenters. The lowest BCUT2D eigenvalue weighted by Gasteiger charge is -2.22. The molecule has 2 N–H and O–H groups in total. The summed E-state index contributed by atoms with van der Waals surface area (Å²) in [4.78, 5) is 0. The van der Waals surface area contributed by atoms with Crippen molar-refractivity contribution in [1.29, 1.82) is 0 Å². The highest BCUT2D eigenvalue weighted by molar-refractivity contribution is 5.44. The average Bonchev–Trinajstić information content (AvgIpc) is 2.61. The minimum absolute atomic E-state index is 0.0456. The van der Waals surface area contributed by atoms with Crippen molar-refractivity contribution >= 4 is 5.69 Å². The summed E-state index contributed by atoms with van der Waals surface area (Å²) in [6.45, 7) is 6.49. The molecule has 1 aromatic rings. The number of nitrogens with two attached hydrogens (primary N) is 1. The number of rotatable bonds is 1. The molecule has 3 nitrogen and oxygen atoms in total. The van der Waals surface area contributed by atoms with Gasteiger partial charge in [0.15, 0.2) is 0 Å². The van der Waals surface area contributed by atoms with Crippen molar-refractivity contribution in [2.24, 2.45) is 0 Å². The summed E-state index contributed by atoms with van der Waals surface area (Å²) >= 11 is 0. The van der Waals surface area contributed by atoms with Crippen LogP contribution < -0.4 is 5.73 Å². The van der Waals surface area contributed by atoms with Crippen LogP contribution >= 0.6 is 0 Å². The number of hydrogen-bond acceptors (Lipinski definition) is 2. The van der Waals surface area contributed by atoms with Gasteiger partial charge in [0.2, 0.25) is 0 Å². The Kier molecular flexibility index (Phi) is 2.96. The van der Waals surface area contributed by atoms with Crippen molar-refractivity contribution in [1.82, 2.24) is 9.78 Å². The first-order valence-electron chi connectivity index (χ1n) is 6.33. The van der Waals surface area contributed by atoms with Gasteiger partial charge < -0.3 is 5.73 Å². The van der Waals surface area contributed by atoms with E-state index >= 15 is 0 Å². The predicted octanol–water partition coefficient (Wildman–Crippen LogP) is 3.27. The Morgan fingerprint density at radius 2 is 1.88 bits per heavy atom. The third kappa shape index (κ3) is 2.23. The zero-order valence-corrected chi connectivity index (χ0v) is 10.7. The summed E-state index contributed by atoms with van der Waals surface area (Å²) in [7, 11) is 0. The first kappa shape index (κ1) is 11.5. The fourth-order valence-electron chi connectivity index (χ4n) is 2.52. The minimum atomic E-state index is 0.0456. The standard InChI is InChI=1S/C13H23N3/c1-13(2,3)12-11(14)9-16(15-12)10-7-5-4-6-8-10/h9-10H,4-8,14H2,1-3H3. The smallest absolute Gasteiger partial charge is 0.0907 e. The summed E-state index contributed by atoms with van der Waals surface area (Å²) in [5.74, 6) is 0. The fraction of sp³-hybridized carbons (Fsp3) is 0.769. The summed E-state index contributed by atoms with van der Waals surface area (Å²) in [5.41, 5.74) is 7.98. The van der Waals surface area contributed by atoms with Gasteiger partial charge in [0.05, 0.1) is 17.4 Å². The maximum atomic E-state index is 6.05. The number of nitrogens with zero attached hydrogens (tertiary/aromatic N) is 2. The average molecular weight is 221 g/mol. The van der Waals surface area contributed by atoms with Gasteiger partial charge in [0.1, 0.15) is 0 Å². The second-order valence-electron chi connectivity index (χ2n) is 5.95. The monoisotopic (exact) mass is 221 g/mol. The lowest BCUT2D eigenvalue weighted by atomic mass is 9.92. The van der Waals surface area contributed by atoms with E-state index in [4.69, 9.17) is 10.8 Å². The van der Waals surface area contributed by atoms with Crippen LogP contribution in [0.25, 0.3) is 0 Å². The van der Waals surface area contributed by atoms with Crippen molar-refractivity contribution in [3.63, 3.8) is 0 Å². The highest BCUT2D eigenvalue weighted by Gasteiger charge is 2.23. The van der Waals surface area contributed by atoms with E-state index in [0.717, 1.165) is 11.4 Å². The van der Waals surface area contributed by atoms with Gasteiger partial charge in [-0.25, -0.2) is 0 Å². The van der Waals surface area contributed by atoms with Crippen molar-refractivity contribution in [3.8, 4) is 0 Å².